The Hall–Kier alpha value is -0.610. The van der Waals surface area contributed by atoms with Crippen LogP contribution in [0, 0.1) is 0 Å². The first-order chi connectivity index (χ1) is 5.34. The van der Waals surface area contributed by atoms with Gasteiger partial charge in [0.25, 0.3) is 0 Å². The number of ether oxygens (including phenoxy) is 1. The maximum Gasteiger partial charge on any atom is 0.222 e. The van der Waals surface area contributed by atoms with E-state index in [-0.39, 0.29) is 12.0 Å². The van der Waals surface area contributed by atoms with Crippen molar-refractivity contribution in [3.8, 4) is 0 Å². The van der Waals surface area contributed by atoms with Crippen molar-refractivity contribution in [2.45, 2.75) is 18.6 Å². The quantitative estimate of drug-likeness (QED) is 0.466. The molecule has 0 spiro atoms. The van der Waals surface area contributed by atoms with Crippen LogP contribution in [0.5, 0.6) is 0 Å². The summed E-state index contributed by atoms with van der Waals surface area (Å²) in [5, 5.41) is 6.14. The highest BCUT2D eigenvalue weighted by Crippen LogP contribution is 2.07. The first-order valence-electron chi connectivity index (χ1n) is 3.96. The molecule has 3 rings (SSSR count). The Morgan fingerprint density at radius 3 is 3.09 bits per heavy atom. The van der Waals surface area contributed by atoms with E-state index in [9.17, 15) is 4.79 Å². The molecule has 4 nitrogen and oxygen atoms in total. The molecule has 2 atom stereocenters. The minimum Gasteiger partial charge on any atom is -0.375 e. The summed E-state index contributed by atoms with van der Waals surface area (Å²) in [5.41, 5.74) is 0. The Morgan fingerprint density at radius 1 is 1.45 bits per heavy atom. The van der Waals surface area contributed by atoms with Crippen LogP contribution < -0.4 is 10.6 Å². The molecule has 0 aromatic rings. The van der Waals surface area contributed by atoms with Gasteiger partial charge in [0.2, 0.25) is 5.91 Å². The van der Waals surface area contributed by atoms with Gasteiger partial charge in [0.1, 0.15) is 0 Å². The van der Waals surface area contributed by atoms with Crippen LogP contribution in [-0.4, -0.2) is 37.7 Å². The zero-order valence-electron chi connectivity index (χ0n) is 6.30. The molecule has 3 aliphatic heterocycles. The molecule has 3 heterocycles. The predicted octanol–water partition coefficient (Wildman–Crippen LogP) is -1.14. The number of amides is 1. The molecule has 0 aromatic heterocycles. The fourth-order valence-electron chi connectivity index (χ4n) is 1.45. The first-order valence-corrected chi connectivity index (χ1v) is 3.96. The number of fused-ring (bicyclic) bond motifs is 5. The molecule has 3 fully saturated rings. The number of morpholine rings is 1. The Bertz CT molecular complexity index is 164. The Labute approximate surface area is 65.3 Å². The lowest BCUT2D eigenvalue weighted by molar-refractivity contribution is -0.127. The first kappa shape index (κ1) is 7.06. The summed E-state index contributed by atoms with van der Waals surface area (Å²) in [7, 11) is 0. The van der Waals surface area contributed by atoms with Gasteiger partial charge in [-0.25, -0.2) is 0 Å². The molecule has 1 amide bonds. The largest absolute Gasteiger partial charge is 0.375 e. The number of carbonyl (C=O) groups excluding carboxylic acids is 1. The van der Waals surface area contributed by atoms with E-state index in [1.54, 1.807) is 0 Å². The third kappa shape index (κ3) is 1.52. The van der Waals surface area contributed by atoms with Crippen molar-refractivity contribution in [2.24, 2.45) is 0 Å². The zero-order valence-corrected chi connectivity index (χ0v) is 6.30. The van der Waals surface area contributed by atoms with E-state index >= 15 is 0 Å². The van der Waals surface area contributed by atoms with Gasteiger partial charge in [-0.05, 0) is 0 Å². The van der Waals surface area contributed by atoms with Crippen molar-refractivity contribution in [2.75, 3.05) is 19.7 Å². The highest BCUT2D eigenvalue weighted by Gasteiger charge is 2.26. The molecular weight excluding hydrogens is 144 g/mol. The zero-order chi connectivity index (χ0) is 7.68. The van der Waals surface area contributed by atoms with Crippen LogP contribution in [0.3, 0.4) is 0 Å². The second kappa shape index (κ2) is 2.79. The molecule has 0 radical (unpaired) electrons. The second-order valence-corrected chi connectivity index (χ2v) is 3.07. The summed E-state index contributed by atoms with van der Waals surface area (Å²) in [6.07, 6.45) is 0.589. The number of carbonyl (C=O) groups is 1. The predicted molar refractivity (Wildman–Crippen MR) is 39.2 cm³/mol. The average molecular weight is 156 g/mol. The minimum absolute atomic E-state index is 0.0894. The van der Waals surface area contributed by atoms with Gasteiger partial charge in [-0.3, -0.25) is 4.79 Å². The lowest BCUT2D eigenvalue weighted by atomic mass is 10.1. The SMILES string of the molecule is O=C1CC2CNC(CN1)CO2. The van der Waals surface area contributed by atoms with E-state index in [4.69, 9.17) is 4.74 Å². The van der Waals surface area contributed by atoms with Gasteiger partial charge in [-0.15, -0.1) is 0 Å². The van der Waals surface area contributed by atoms with E-state index in [1.165, 1.54) is 0 Å². The van der Waals surface area contributed by atoms with Gasteiger partial charge < -0.3 is 15.4 Å². The average Bonchev–Trinajstić information content (AvgIpc) is 1.98. The fraction of sp³-hybridized carbons (Fsp3) is 0.857. The highest BCUT2D eigenvalue weighted by molar-refractivity contribution is 5.76. The normalized spacial score (nSPS) is 37.6. The molecule has 3 aliphatic rings. The van der Waals surface area contributed by atoms with Crippen molar-refractivity contribution in [1.82, 2.24) is 10.6 Å². The van der Waals surface area contributed by atoms with Crippen LogP contribution >= 0.6 is 0 Å². The summed E-state index contributed by atoms with van der Waals surface area (Å²) >= 11 is 0. The maximum atomic E-state index is 11.0. The van der Waals surface area contributed by atoms with Crippen LogP contribution in [0.2, 0.25) is 0 Å². The number of hydrogen-bond acceptors (Lipinski definition) is 3. The van der Waals surface area contributed by atoms with Crippen molar-refractivity contribution >= 4 is 5.91 Å². The fourth-order valence-corrected chi connectivity index (χ4v) is 1.45. The van der Waals surface area contributed by atoms with Crippen LogP contribution in [0.15, 0.2) is 0 Å². The molecule has 4 heteroatoms. The Morgan fingerprint density at radius 2 is 2.36 bits per heavy atom. The van der Waals surface area contributed by atoms with Gasteiger partial charge in [-0.2, -0.15) is 0 Å². The molecule has 2 unspecified atom stereocenters. The van der Waals surface area contributed by atoms with Crippen LogP contribution in [0.4, 0.5) is 0 Å². The molecule has 2 bridgehead atoms. The monoisotopic (exact) mass is 156 g/mol. The number of hydrogen-bond donors (Lipinski definition) is 2. The lowest BCUT2D eigenvalue weighted by Crippen LogP contribution is -2.55. The van der Waals surface area contributed by atoms with E-state index in [0.29, 0.717) is 19.0 Å². The van der Waals surface area contributed by atoms with Crippen molar-refractivity contribution < 1.29 is 9.53 Å². The van der Waals surface area contributed by atoms with Crippen molar-refractivity contribution in [1.29, 1.82) is 0 Å². The Kier molecular flexibility index (Phi) is 1.79. The minimum atomic E-state index is 0.0894. The summed E-state index contributed by atoms with van der Waals surface area (Å²) in [6, 6.07) is 0.315. The highest BCUT2D eigenvalue weighted by atomic mass is 16.5. The molecule has 11 heavy (non-hydrogen) atoms. The third-order valence-electron chi connectivity index (χ3n) is 2.13. The van der Waals surface area contributed by atoms with Crippen molar-refractivity contribution in [3.05, 3.63) is 0 Å². The van der Waals surface area contributed by atoms with Crippen LogP contribution in [0.25, 0.3) is 0 Å². The van der Waals surface area contributed by atoms with Crippen molar-refractivity contribution in [3.63, 3.8) is 0 Å². The van der Waals surface area contributed by atoms with Crippen LogP contribution in [-0.2, 0) is 9.53 Å². The summed E-state index contributed by atoms with van der Waals surface area (Å²) in [6.45, 7) is 2.24. The molecule has 3 saturated heterocycles. The van der Waals surface area contributed by atoms with Gasteiger partial charge in [-0.1, -0.05) is 0 Å². The van der Waals surface area contributed by atoms with Gasteiger partial charge in [0.05, 0.1) is 19.1 Å². The van der Waals surface area contributed by atoms with Gasteiger partial charge >= 0.3 is 0 Å². The molecule has 0 aliphatic carbocycles. The van der Waals surface area contributed by atoms with E-state index in [0.717, 1.165) is 13.2 Å². The third-order valence-corrected chi connectivity index (χ3v) is 2.13. The molecule has 0 aromatic carbocycles. The maximum absolute atomic E-state index is 11.0. The van der Waals surface area contributed by atoms with Gasteiger partial charge in [0, 0.05) is 19.1 Å². The Balaban J connectivity index is 2.02. The molecule has 62 valence electrons. The lowest BCUT2D eigenvalue weighted by Gasteiger charge is -2.33. The number of rotatable bonds is 0. The number of nitrogens with one attached hydrogen (secondary N) is 2. The molecule has 2 N–H and O–H groups in total. The summed E-state index contributed by atoms with van der Waals surface area (Å²) in [4.78, 5) is 11.0. The molecular formula is C7H12N2O2. The second-order valence-electron chi connectivity index (χ2n) is 3.07. The summed E-state index contributed by atoms with van der Waals surface area (Å²) < 4.78 is 5.43. The van der Waals surface area contributed by atoms with E-state index in [1.807, 2.05) is 0 Å². The van der Waals surface area contributed by atoms with E-state index in [2.05, 4.69) is 10.6 Å². The summed E-state index contributed by atoms with van der Waals surface area (Å²) in [5.74, 6) is 0.112. The van der Waals surface area contributed by atoms with E-state index < -0.39 is 0 Å². The standard InChI is InChI=1S/C7H12N2O2/c10-7-1-6-3-8-5(2-9-7)4-11-6/h5-6,8H,1-4H2,(H,9,10). The topological polar surface area (TPSA) is 50.4 Å². The smallest absolute Gasteiger partial charge is 0.222 e. The van der Waals surface area contributed by atoms with Crippen LogP contribution in [0.1, 0.15) is 6.42 Å². The molecule has 0 saturated carbocycles. The van der Waals surface area contributed by atoms with Gasteiger partial charge in [0.15, 0.2) is 0 Å².